The van der Waals surface area contributed by atoms with Crippen LogP contribution >= 0.6 is 0 Å². The Hall–Kier alpha value is -0.850. The van der Waals surface area contributed by atoms with E-state index < -0.39 is 10.0 Å². The van der Waals surface area contributed by atoms with E-state index >= 15 is 0 Å². The van der Waals surface area contributed by atoms with E-state index in [1.807, 2.05) is 18.3 Å². The van der Waals surface area contributed by atoms with Gasteiger partial charge in [-0.2, -0.15) is 0 Å². The van der Waals surface area contributed by atoms with Gasteiger partial charge in [-0.15, -0.1) is 0 Å². The molecule has 0 aliphatic heterocycles. The fourth-order valence-corrected chi connectivity index (χ4v) is 1.65. The minimum absolute atomic E-state index is 0.0325. The van der Waals surface area contributed by atoms with E-state index in [-0.39, 0.29) is 5.75 Å². The van der Waals surface area contributed by atoms with Crippen molar-refractivity contribution in [1.29, 1.82) is 0 Å². The van der Waals surface area contributed by atoms with Gasteiger partial charge in [0.25, 0.3) is 0 Å². The second-order valence-electron chi connectivity index (χ2n) is 3.09. The van der Waals surface area contributed by atoms with Crippen molar-refractivity contribution in [2.45, 2.75) is 13.0 Å². The predicted molar refractivity (Wildman–Crippen MR) is 55.1 cm³/mol. The maximum Gasteiger partial charge on any atom is 0.209 e. The van der Waals surface area contributed by atoms with Crippen LogP contribution in [-0.2, 0) is 16.6 Å². The van der Waals surface area contributed by atoms with Crippen molar-refractivity contribution in [3.05, 3.63) is 24.0 Å². The fourth-order valence-electron chi connectivity index (χ4n) is 1.10. The second kappa shape index (κ2) is 5.14. The summed E-state index contributed by atoms with van der Waals surface area (Å²) in [6, 6.07) is 3.88. The third-order valence-corrected chi connectivity index (χ3v) is 2.62. The molecule has 1 aromatic rings. The van der Waals surface area contributed by atoms with Gasteiger partial charge in [0.15, 0.2) is 0 Å². The van der Waals surface area contributed by atoms with Crippen molar-refractivity contribution in [2.75, 3.05) is 12.3 Å². The first kappa shape index (κ1) is 11.2. The molecule has 0 aromatic carbocycles. The van der Waals surface area contributed by atoms with Crippen molar-refractivity contribution in [3.8, 4) is 0 Å². The minimum atomic E-state index is -3.31. The number of nitrogens with two attached hydrogens (primary N) is 1. The van der Waals surface area contributed by atoms with Crippen LogP contribution in [0.5, 0.6) is 0 Å². The number of rotatable bonds is 6. The molecule has 0 aliphatic rings. The molecule has 1 aromatic heterocycles. The third kappa shape index (κ3) is 5.00. The van der Waals surface area contributed by atoms with Crippen molar-refractivity contribution < 1.29 is 8.42 Å². The molecule has 0 radical (unpaired) electrons. The van der Waals surface area contributed by atoms with E-state index in [0.29, 0.717) is 13.0 Å². The van der Waals surface area contributed by atoms with Crippen LogP contribution in [0.4, 0.5) is 0 Å². The van der Waals surface area contributed by atoms with Gasteiger partial charge in [-0.05, 0) is 25.1 Å². The topological polar surface area (TPSA) is 88.0 Å². The van der Waals surface area contributed by atoms with Gasteiger partial charge in [0, 0.05) is 18.4 Å². The van der Waals surface area contributed by atoms with Gasteiger partial charge in [-0.3, -0.25) is 0 Å². The zero-order chi connectivity index (χ0) is 10.4. The fraction of sp³-hybridized carbons (Fsp3) is 0.500. The Morgan fingerprint density at radius 3 is 2.86 bits per heavy atom. The van der Waals surface area contributed by atoms with Gasteiger partial charge in [0.05, 0.1) is 5.75 Å². The van der Waals surface area contributed by atoms with E-state index in [1.165, 1.54) is 0 Å². The summed E-state index contributed by atoms with van der Waals surface area (Å²) in [5.41, 5.74) is 1.08. The quantitative estimate of drug-likeness (QED) is 0.576. The molecule has 4 N–H and O–H groups in total. The number of hydrogen-bond acceptors (Lipinski definition) is 3. The van der Waals surface area contributed by atoms with Crippen LogP contribution in [0.15, 0.2) is 18.3 Å². The lowest BCUT2D eigenvalue weighted by Crippen LogP contribution is -2.22. The van der Waals surface area contributed by atoms with Crippen molar-refractivity contribution in [1.82, 2.24) is 10.3 Å². The highest BCUT2D eigenvalue weighted by Gasteiger charge is 2.00. The Labute approximate surface area is 83.8 Å². The molecule has 0 unspecified atom stereocenters. The lowest BCUT2D eigenvalue weighted by molar-refractivity contribution is 0.590. The Bertz CT molecular complexity index is 345. The van der Waals surface area contributed by atoms with Crippen LogP contribution in [0.1, 0.15) is 12.1 Å². The van der Waals surface area contributed by atoms with E-state index in [4.69, 9.17) is 5.14 Å². The molecule has 0 saturated heterocycles. The third-order valence-electron chi connectivity index (χ3n) is 1.76. The molecule has 0 spiro atoms. The van der Waals surface area contributed by atoms with E-state index in [2.05, 4.69) is 10.3 Å². The lowest BCUT2D eigenvalue weighted by Gasteiger charge is -2.01. The van der Waals surface area contributed by atoms with Crippen LogP contribution in [0.2, 0.25) is 0 Å². The largest absolute Gasteiger partial charge is 0.364 e. The average molecular weight is 217 g/mol. The smallest absolute Gasteiger partial charge is 0.209 e. The van der Waals surface area contributed by atoms with Crippen LogP contribution < -0.4 is 10.5 Å². The van der Waals surface area contributed by atoms with Crippen LogP contribution in [0.25, 0.3) is 0 Å². The zero-order valence-corrected chi connectivity index (χ0v) is 8.68. The SMILES string of the molecule is NS(=O)(=O)CCCNCc1ccc[nH]1. The van der Waals surface area contributed by atoms with Crippen LogP contribution in [0, 0.1) is 0 Å². The van der Waals surface area contributed by atoms with E-state index in [0.717, 1.165) is 12.2 Å². The highest BCUT2D eigenvalue weighted by atomic mass is 32.2. The molecule has 0 amide bonds. The first-order chi connectivity index (χ1) is 6.58. The monoisotopic (exact) mass is 217 g/mol. The molecule has 6 heteroatoms. The summed E-state index contributed by atoms with van der Waals surface area (Å²) >= 11 is 0. The number of aromatic nitrogens is 1. The summed E-state index contributed by atoms with van der Waals surface area (Å²) in [4.78, 5) is 3.04. The maximum atomic E-state index is 10.6. The summed E-state index contributed by atoms with van der Waals surface area (Å²) in [7, 11) is -3.31. The van der Waals surface area contributed by atoms with Crippen molar-refractivity contribution >= 4 is 10.0 Å². The summed E-state index contributed by atoms with van der Waals surface area (Å²) in [6.45, 7) is 1.37. The molecule has 5 nitrogen and oxygen atoms in total. The Morgan fingerprint density at radius 1 is 1.50 bits per heavy atom. The molecule has 1 rings (SSSR count). The van der Waals surface area contributed by atoms with Crippen molar-refractivity contribution in [3.63, 3.8) is 0 Å². The first-order valence-electron chi connectivity index (χ1n) is 4.41. The molecule has 0 atom stereocenters. The molecular formula is C8H15N3O2S. The standard InChI is InChI=1S/C8H15N3O2S/c9-14(12,13)6-2-4-10-7-8-3-1-5-11-8/h1,3,5,10-11H,2,4,6-7H2,(H2,9,12,13). The molecular weight excluding hydrogens is 202 g/mol. The molecule has 0 fully saturated rings. The van der Waals surface area contributed by atoms with Crippen LogP contribution in [0.3, 0.4) is 0 Å². The number of H-pyrrole nitrogens is 1. The molecule has 80 valence electrons. The molecule has 1 heterocycles. The Balaban J connectivity index is 2.06. The summed E-state index contributed by atoms with van der Waals surface area (Å²) in [5, 5.41) is 7.96. The highest BCUT2D eigenvalue weighted by molar-refractivity contribution is 7.89. The number of hydrogen-bond donors (Lipinski definition) is 3. The van der Waals surface area contributed by atoms with Gasteiger partial charge in [-0.1, -0.05) is 0 Å². The number of aromatic amines is 1. The predicted octanol–water partition coefficient (Wildman–Crippen LogP) is -0.217. The highest BCUT2D eigenvalue weighted by Crippen LogP contribution is 1.92. The number of primary sulfonamides is 1. The number of sulfonamides is 1. The van der Waals surface area contributed by atoms with E-state index in [1.54, 1.807) is 0 Å². The average Bonchev–Trinajstić information content (AvgIpc) is 2.54. The first-order valence-corrected chi connectivity index (χ1v) is 6.13. The van der Waals surface area contributed by atoms with E-state index in [9.17, 15) is 8.42 Å². The minimum Gasteiger partial charge on any atom is -0.364 e. The molecule has 14 heavy (non-hydrogen) atoms. The van der Waals surface area contributed by atoms with Crippen molar-refractivity contribution in [2.24, 2.45) is 5.14 Å². The Kier molecular flexibility index (Phi) is 4.12. The van der Waals surface area contributed by atoms with Crippen LogP contribution in [-0.4, -0.2) is 25.7 Å². The van der Waals surface area contributed by atoms with Gasteiger partial charge >= 0.3 is 0 Å². The van der Waals surface area contributed by atoms with Gasteiger partial charge in [0.2, 0.25) is 10.0 Å². The Morgan fingerprint density at radius 2 is 2.29 bits per heavy atom. The van der Waals surface area contributed by atoms with Gasteiger partial charge in [-0.25, -0.2) is 13.6 Å². The maximum absolute atomic E-state index is 10.6. The lowest BCUT2D eigenvalue weighted by atomic mass is 10.4. The van der Waals surface area contributed by atoms with Gasteiger partial charge in [0.1, 0.15) is 0 Å². The van der Waals surface area contributed by atoms with Gasteiger partial charge < -0.3 is 10.3 Å². The second-order valence-corrected chi connectivity index (χ2v) is 4.83. The molecule has 0 saturated carbocycles. The zero-order valence-electron chi connectivity index (χ0n) is 7.86. The molecule has 0 bridgehead atoms. The summed E-state index contributed by atoms with van der Waals surface area (Å²) < 4.78 is 21.1. The summed E-state index contributed by atoms with van der Waals surface area (Å²) in [5.74, 6) is 0.0325. The summed E-state index contributed by atoms with van der Waals surface area (Å²) in [6.07, 6.45) is 2.39. The normalized spacial score (nSPS) is 11.8. The number of nitrogens with one attached hydrogen (secondary N) is 2. The molecule has 0 aliphatic carbocycles.